The Kier molecular flexibility index (Phi) is 3.14. The van der Waals surface area contributed by atoms with Gasteiger partial charge in [0.2, 0.25) is 0 Å². The number of carboxylic acid groups (broad SMARTS) is 1. The van der Waals surface area contributed by atoms with E-state index in [1.807, 2.05) is 0 Å². The van der Waals surface area contributed by atoms with Crippen LogP contribution >= 0.6 is 0 Å². The first-order valence-electron chi connectivity index (χ1n) is 2.24. The zero-order chi connectivity index (χ0) is 6.57. The number of hydrogen-bond acceptors (Lipinski definition) is 3. The zero-order valence-corrected chi connectivity index (χ0v) is 4.66. The van der Waals surface area contributed by atoms with Gasteiger partial charge in [-0.05, 0) is 0 Å². The largest absolute Gasteiger partial charge is 0.481 e. The number of aliphatic carboxylic acids is 1. The highest BCUT2D eigenvalue weighted by molar-refractivity contribution is 5.66. The van der Waals surface area contributed by atoms with Gasteiger partial charge in [0.05, 0.1) is 6.42 Å². The molecule has 0 amide bonds. The first-order chi connectivity index (χ1) is 3.63. The minimum atomic E-state index is -0.897. The van der Waals surface area contributed by atoms with Crippen molar-refractivity contribution in [1.82, 2.24) is 5.06 Å². The summed E-state index contributed by atoms with van der Waals surface area (Å²) in [5.74, 6) is -0.897. The van der Waals surface area contributed by atoms with E-state index in [4.69, 9.17) is 10.3 Å². The first kappa shape index (κ1) is 7.39. The van der Waals surface area contributed by atoms with Gasteiger partial charge in [-0.15, -0.1) is 0 Å². The molecule has 2 N–H and O–H groups in total. The van der Waals surface area contributed by atoms with E-state index in [2.05, 4.69) is 0 Å². The second-order valence-electron chi connectivity index (χ2n) is 1.52. The van der Waals surface area contributed by atoms with Gasteiger partial charge < -0.3 is 10.3 Å². The highest BCUT2D eigenvalue weighted by Gasteiger charge is 1.96. The van der Waals surface area contributed by atoms with Crippen molar-refractivity contribution in [2.24, 2.45) is 0 Å². The summed E-state index contributed by atoms with van der Waals surface area (Å²) in [4.78, 5) is 9.77. The van der Waals surface area contributed by atoms with Gasteiger partial charge in [-0.25, -0.2) is 0 Å². The van der Waals surface area contributed by atoms with Crippen molar-refractivity contribution in [3.8, 4) is 0 Å². The Hall–Kier alpha value is -0.610. The van der Waals surface area contributed by atoms with Crippen LogP contribution in [-0.4, -0.2) is 34.9 Å². The summed E-state index contributed by atoms with van der Waals surface area (Å²) >= 11 is 0. The average molecular weight is 119 g/mol. The Morgan fingerprint density at radius 3 is 2.38 bits per heavy atom. The van der Waals surface area contributed by atoms with Gasteiger partial charge in [-0.3, -0.25) is 4.79 Å². The molecule has 4 heteroatoms. The molecule has 48 valence electrons. The number of carboxylic acids is 1. The molecule has 0 saturated heterocycles. The van der Waals surface area contributed by atoms with Gasteiger partial charge in [0, 0.05) is 13.6 Å². The number of carbonyl (C=O) groups is 1. The van der Waals surface area contributed by atoms with E-state index in [0.717, 1.165) is 5.06 Å². The molecule has 0 aromatic heterocycles. The Balaban J connectivity index is 3.05. The lowest BCUT2D eigenvalue weighted by molar-refractivity contribution is -0.140. The van der Waals surface area contributed by atoms with Crippen LogP contribution in [0.3, 0.4) is 0 Å². The molecule has 0 atom stereocenters. The molecule has 0 saturated carbocycles. The molecule has 0 fully saturated rings. The first-order valence-corrected chi connectivity index (χ1v) is 2.24. The van der Waals surface area contributed by atoms with E-state index in [9.17, 15) is 4.79 Å². The number of hydroxylamine groups is 2. The van der Waals surface area contributed by atoms with Gasteiger partial charge in [0.15, 0.2) is 0 Å². The molecule has 0 spiro atoms. The van der Waals surface area contributed by atoms with Crippen LogP contribution in [0.15, 0.2) is 0 Å². The van der Waals surface area contributed by atoms with E-state index in [1.54, 1.807) is 0 Å². The van der Waals surface area contributed by atoms with Crippen LogP contribution in [-0.2, 0) is 4.79 Å². The van der Waals surface area contributed by atoms with Crippen LogP contribution in [0, 0.1) is 0 Å². The smallest absolute Gasteiger partial charge is 0.304 e. The van der Waals surface area contributed by atoms with Crippen molar-refractivity contribution in [1.29, 1.82) is 0 Å². The lowest BCUT2D eigenvalue weighted by Crippen LogP contribution is -2.16. The second-order valence-corrected chi connectivity index (χ2v) is 1.52. The maximum atomic E-state index is 9.77. The van der Waals surface area contributed by atoms with Crippen LogP contribution in [0.5, 0.6) is 0 Å². The van der Waals surface area contributed by atoms with Crippen molar-refractivity contribution in [3.63, 3.8) is 0 Å². The zero-order valence-electron chi connectivity index (χ0n) is 4.66. The monoisotopic (exact) mass is 119 g/mol. The Morgan fingerprint density at radius 1 is 1.75 bits per heavy atom. The summed E-state index contributed by atoms with van der Waals surface area (Å²) in [7, 11) is 1.41. The standard InChI is InChI=1S/C4H9NO3/c1-5(8)3-2-4(6)7/h8H,2-3H2,1H3,(H,6,7). The van der Waals surface area contributed by atoms with Crippen LogP contribution in [0.2, 0.25) is 0 Å². The van der Waals surface area contributed by atoms with Crippen LogP contribution in [0.1, 0.15) is 6.42 Å². The molecule has 0 aliphatic carbocycles. The van der Waals surface area contributed by atoms with E-state index < -0.39 is 5.97 Å². The van der Waals surface area contributed by atoms with Gasteiger partial charge in [-0.2, -0.15) is 5.06 Å². The molecule has 0 bridgehead atoms. The SMILES string of the molecule is CN(O)CCC(=O)O. The predicted octanol–water partition coefficient (Wildman–Crippen LogP) is -0.218. The number of hydrogen-bond donors (Lipinski definition) is 2. The highest BCUT2D eigenvalue weighted by Crippen LogP contribution is 1.80. The van der Waals surface area contributed by atoms with Crippen molar-refractivity contribution < 1.29 is 15.1 Å². The molecule has 0 unspecified atom stereocenters. The molecule has 0 aliphatic rings. The van der Waals surface area contributed by atoms with Gasteiger partial charge in [0.1, 0.15) is 0 Å². The molecular weight excluding hydrogens is 110 g/mol. The summed E-state index contributed by atoms with van der Waals surface area (Å²) in [6, 6.07) is 0. The van der Waals surface area contributed by atoms with E-state index in [1.165, 1.54) is 7.05 Å². The topological polar surface area (TPSA) is 60.8 Å². The van der Waals surface area contributed by atoms with Gasteiger partial charge >= 0.3 is 5.97 Å². The minimum Gasteiger partial charge on any atom is -0.481 e. The molecule has 0 heterocycles. The van der Waals surface area contributed by atoms with E-state index >= 15 is 0 Å². The number of rotatable bonds is 3. The van der Waals surface area contributed by atoms with E-state index in [0.29, 0.717) is 0 Å². The molecule has 4 nitrogen and oxygen atoms in total. The molecule has 8 heavy (non-hydrogen) atoms. The lowest BCUT2D eigenvalue weighted by atomic mass is 10.4. The molecule has 0 aromatic carbocycles. The Morgan fingerprint density at radius 2 is 2.25 bits per heavy atom. The minimum absolute atomic E-state index is 0.0208. The summed E-state index contributed by atoms with van der Waals surface area (Å²) < 4.78 is 0. The maximum Gasteiger partial charge on any atom is 0.304 e. The van der Waals surface area contributed by atoms with Crippen LogP contribution < -0.4 is 0 Å². The molecular formula is C4H9NO3. The maximum absolute atomic E-state index is 9.77. The predicted molar refractivity (Wildman–Crippen MR) is 26.7 cm³/mol. The fourth-order valence-electron chi connectivity index (χ4n) is 0.257. The Labute approximate surface area is 47.3 Å². The molecule has 0 rings (SSSR count). The van der Waals surface area contributed by atoms with E-state index in [-0.39, 0.29) is 13.0 Å². The molecule has 0 aromatic rings. The third-order valence-corrected chi connectivity index (χ3v) is 0.649. The van der Waals surface area contributed by atoms with Crippen molar-refractivity contribution in [3.05, 3.63) is 0 Å². The summed E-state index contributed by atoms with van der Waals surface area (Å²) in [6.45, 7) is 0.176. The van der Waals surface area contributed by atoms with Crippen LogP contribution in [0.25, 0.3) is 0 Å². The van der Waals surface area contributed by atoms with Crippen molar-refractivity contribution >= 4 is 5.97 Å². The summed E-state index contributed by atoms with van der Waals surface area (Å²) in [5, 5.41) is 17.2. The normalized spacial score (nSPS) is 9.88. The summed E-state index contributed by atoms with van der Waals surface area (Å²) in [6.07, 6.45) is -0.0208. The molecule has 0 radical (unpaired) electrons. The second kappa shape index (κ2) is 3.40. The van der Waals surface area contributed by atoms with Gasteiger partial charge in [-0.1, -0.05) is 0 Å². The van der Waals surface area contributed by atoms with Crippen molar-refractivity contribution in [2.45, 2.75) is 6.42 Å². The Bertz CT molecular complexity index is 81.4. The van der Waals surface area contributed by atoms with Crippen molar-refractivity contribution in [2.75, 3.05) is 13.6 Å². The third-order valence-electron chi connectivity index (χ3n) is 0.649. The third kappa shape index (κ3) is 5.39. The fourth-order valence-corrected chi connectivity index (χ4v) is 0.257. The van der Waals surface area contributed by atoms with Crippen LogP contribution in [0.4, 0.5) is 0 Å². The van der Waals surface area contributed by atoms with Gasteiger partial charge in [0.25, 0.3) is 0 Å². The molecule has 0 aliphatic heterocycles. The quantitative estimate of drug-likeness (QED) is 0.504. The highest BCUT2D eigenvalue weighted by atomic mass is 16.5. The fraction of sp³-hybridized carbons (Fsp3) is 0.750. The summed E-state index contributed by atoms with van der Waals surface area (Å²) in [5.41, 5.74) is 0. The lowest BCUT2D eigenvalue weighted by Gasteiger charge is -2.02. The number of nitrogens with zero attached hydrogens (tertiary/aromatic N) is 1. The average Bonchev–Trinajstić information content (AvgIpc) is 1.61.